The van der Waals surface area contributed by atoms with Gasteiger partial charge in [0, 0.05) is 5.41 Å². The summed E-state index contributed by atoms with van der Waals surface area (Å²) < 4.78 is 0. The van der Waals surface area contributed by atoms with Crippen LogP contribution in [0.3, 0.4) is 0 Å². The molecule has 0 bridgehead atoms. The minimum atomic E-state index is 0.252. The summed E-state index contributed by atoms with van der Waals surface area (Å²) in [4.78, 5) is 0. The summed E-state index contributed by atoms with van der Waals surface area (Å²) in [6.45, 7) is 0. The summed E-state index contributed by atoms with van der Waals surface area (Å²) in [5, 5.41) is 0. The molecular formula is C18H16. The molecule has 88 valence electrons. The van der Waals surface area contributed by atoms with E-state index in [-0.39, 0.29) is 5.41 Å². The highest BCUT2D eigenvalue weighted by molar-refractivity contribution is 5.81. The quantitative estimate of drug-likeness (QED) is 0.578. The van der Waals surface area contributed by atoms with Gasteiger partial charge in [0.1, 0.15) is 0 Å². The second-order valence-corrected chi connectivity index (χ2v) is 5.39. The Kier molecular flexibility index (Phi) is 2.02. The number of rotatable bonds is 0. The molecule has 1 spiro atoms. The van der Waals surface area contributed by atoms with E-state index in [0.717, 1.165) is 6.42 Å². The molecule has 2 aromatic carbocycles. The monoisotopic (exact) mass is 232 g/mol. The Balaban J connectivity index is 2.06. The molecule has 0 heterocycles. The van der Waals surface area contributed by atoms with Gasteiger partial charge < -0.3 is 0 Å². The third-order valence-corrected chi connectivity index (χ3v) is 4.55. The summed E-state index contributed by atoms with van der Waals surface area (Å²) in [5.41, 5.74) is 6.22. The highest BCUT2D eigenvalue weighted by atomic mass is 14.4. The number of allylic oxidation sites excluding steroid dienone is 2. The van der Waals surface area contributed by atoms with Crippen LogP contribution in [0.25, 0.3) is 11.1 Å². The maximum atomic E-state index is 2.36. The van der Waals surface area contributed by atoms with Crippen LogP contribution in [0.5, 0.6) is 0 Å². The van der Waals surface area contributed by atoms with Crippen LogP contribution in [-0.2, 0) is 5.41 Å². The van der Waals surface area contributed by atoms with Crippen LogP contribution in [0, 0.1) is 0 Å². The molecule has 0 amide bonds. The summed E-state index contributed by atoms with van der Waals surface area (Å²) in [6.07, 6.45) is 8.29. The molecule has 0 radical (unpaired) electrons. The van der Waals surface area contributed by atoms with Gasteiger partial charge >= 0.3 is 0 Å². The fourth-order valence-corrected chi connectivity index (χ4v) is 3.74. The molecular weight excluding hydrogens is 216 g/mol. The summed E-state index contributed by atoms with van der Waals surface area (Å²) >= 11 is 0. The SMILES string of the molecule is C1=CCC2(CC1)c1ccccc1-c1ccccc12. The molecule has 0 saturated carbocycles. The van der Waals surface area contributed by atoms with Crippen molar-refractivity contribution in [3.63, 3.8) is 0 Å². The van der Waals surface area contributed by atoms with E-state index >= 15 is 0 Å². The molecule has 2 aliphatic rings. The fraction of sp³-hybridized carbons (Fsp3) is 0.222. The average molecular weight is 232 g/mol. The van der Waals surface area contributed by atoms with E-state index in [1.54, 1.807) is 0 Å². The third kappa shape index (κ3) is 1.16. The lowest BCUT2D eigenvalue weighted by Crippen LogP contribution is -2.26. The lowest BCUT2D eigenvalue weighted by Gasteiger charge is -2.33. The molecule has 0 aromatic heterocycles. The van der Waals surface area contributed by atoms with Crippen molar-refractivity contribution < 1.29 is 0 Å². The molecule has 4 rings (SSSR count). The van der Waals surface area contributed by atoms with Crippen molar-refractivity contribution in [3.05, 3.63) is 71.8 Å². The first-order chi connectivity index (χ1) is 8.92. The van der Waals surface area contributed by atoms with Gasteiger partial charge in [0.05, 0.1) is 0 Å². The molecule has 0 aliphatic heterocycles. The first kappa shape index (κ1) is 10.1. The number of hydrogen-bond acceptors (Lipinski definition) is 0. The smallest absolute Gasteiger partial charge is 0.0252 e. The van der Waals surface area contributed by atoms with Crippen molar-refractivity contribution in [1.82, 2.24) is 0 Å². The summed E-state index contributed by atoms with van der Waals surface area (Å²) in [5.74, 6) is 0. The maximum absolute atomic E-state index is 2.36. The van der Waals surface area contributed by atoms with Gasteiger partial charge in [-0.25, -0.2) is 0 Å². The molecule has 0 nitrogen and oxygen atoms in total. The van der Waals surface area contributed by atoms with Gasteiger partial charge in [0.25, 0.3) is 0 Å². The van der Waals surface area contributed by atoms with Crippen LogP contribution < -0.4 is 0 Å². The average Bonchev–Trinajstić information content (AvgIpc) is 2.72. The second kappa shape index (κ2) is 3.58. The van der Waals surface area contributed by atoms with E-state index in [9.17, 15) is 0 Å². The zero-order valence-electron chi connectivity index (χ0n) is 10.4. The Morgan fingerprint density at radius 1 is 0.722 bits per heavy atom. The highest BCUT2D eigenvalue weighted by Gasteiger charge is 2.42. The van der Waals surface area contributed by atoms with Gasteiger partial charge in [-0.05, 0) is 41.5 Å². The minimum Gasteiger partial charge on any atom is -0.0885 e. The zero-order valence-corrected chi connectivity index (χ0v) is 10.4. The Bertz CT molecular complexity index is 588. The zero-order chi connectivity index (χ0) is 12.0. The highest BCUT2D eigenvalue weighted by Crippen LogP contribution is 2.54. The standard InChI is InChI=1S/C18H16/c1-6-12-18(13-7-1)16-10-4-2-8-14(16)15-9-3-5-11-17(15)18/h1-6,8-11H,7,12-13H2. The molecule has 0 heteroatoms. The van der Waals surface area contributed by atoms with Crippen LogP contribution in [-0.4, -0.2) is 0 Å². The Hall–Kier alpha value is -1.82. The molecule has 2 aliphatic carbocycles. The Morgan fingerprint density at radius 3 is 1.89 bits per heavy atom. The molecule has 0 atom stereocenters. The van der Waals surface area contributed by atoms with E-state index in [2.05, 4.69) is 60.7 Å². The lowest BCUT2D eigenvalue weighted by molar-refractivity contribution is 0.477. The van der Waals surface area contributed by atoms with Gasteiger partial charge in [-0.3, -0.25) is 0 Å². The normalized spacial score (nSPS) is 18.7. The molecule has 0 unspecified atom stereocenters. The minimum absolute atomic E-state index is 0.252. The van der Waals surface area contributed by atoms with Crippen LogP contribution in [0.15, 0.2) is 60.7 Å². The van der Waals surface area contributed by atoms with Crippen LogP contribution >= 0.6 is 0 Å². The lowest BCUT2D eigenvalue weighted by atomic mass is 9.70. The van der Waals surface area contributed by atoms with Crippen LogP contribution in [0.2, 0.25) is 0 Å². The second-order valence-electron chi connectivity index (χ2n) is 5.39. The topological polar surface area (TPSA) is 0 Å². The largest absolute Gasteiger partial charge is 0.0885 e. The molecule has 2 aromatic rings. The Morgan fingerprint density at radius 2 is 1.33 bits per heavy atom. The van der Waals surface area contributed by atoms with Crippen molar-refractivity contribution in [2.45, 2.75) is 24.7 Å². The van der Waals surface area contributed by atoms with Crippen molar-refractivity contribution in [3.8, 4) is 11.1 Å². The summed E-state index contributed by atoms with van der Waals surface area (Å²) in [6, 6.07) is 17.9. The van der Waals surface area contributed by atoms with Gasteiger partial charge in [-0.15, -0.1) is 0 Å². The molecule has 0 N–H and O–H groups in total. The van der Waals surface area contributed by atoms with Crippen LogP contribution in [0.1, 0.15) is 30.4 Å². The first-order valence-corrected chi connectivity index (χ1v) is 6.76. The fourth-order valence-electron chi connectivity index (χ4n) is 3.74. The maximum Gasteiger partial charge on any atom is 0.0252 e. The predicted octanol–water partition coefficient (Wildman–Crippen LogP) is 4.69. The van der Waals surface area contributed by atoms with Crippen molar-refractivity contribution in [1.29, 1.82) is 0 Å². The van der Waals surface area contributed by atoms with E-state index in [4.69, 9.17) is 0 Å². The number of hydrogen-bond donors (Lipinski definition) is 0. The van der Waals surface area contributed by atoms with E-state index < -0.39 is 0 Å². The van der Waals surface area contributed by atoms with Crippen molar-refractivity contribution in [2.24, 2.45) is 0 Å². The Labute approximate surface area is 108 Å². The predicted molar refractivity (Wildman–Crippen MR) is 75.6 cm³/mol. The van der Waals surface area contributed by atoms with E-state index in [1.807, 2.05) is 0 Å². The van der Waals surface area contributed by atoms with E-state index in [1.165, 1.54) is 35.1 Å². The van der Waals surface area contributed by atoms with Crippen LogP contribution in [0.4, 0.5) is 0 Å². The van der Waals surface area contributed by atoms with Gasteiger partial charge in [0.2, 0.25) is 0 Å². The number of fused-ring (bicyclic) bond motifs is 5. The van der Waals surface area contributed by atoms with Crippen molar-refractivity contribution >= 4 is 0 Å². The molecule has 18 heavy (non-hydrogen) atoms. The number of benzene rings is 2. The van der Waals surface area contributed by atoms with Gasteiger partial charge in [-0.2, -0.15) is 0 Å². The molecule has 0 fully saturated rings. The third-order valence-electron chi connectivity index (χ3n) is 4.55. The van der Waals surface area contributed by atoms with Crippen molar-refractivity contribution in [2.75, 3.05) is 0 Å². The van der Waals surface area contributed by atoms with E-state index in [0.29, 0.717) is 0 Å². The first-order valence-electron chi connectivity index (χ1n) is 6.76. The summed E-state index contributed by atoms with van der Waals surface area (Å²) in [7, 11) is 0. The van der Waals surface area contributed by atoms with Gasteiger partial charge in [-0.1, -0.05) is 60.7 Å². The van der Waals surface area contributed by atoms with Gasteiger partial charge in [0.15, 0.2) is 0 Å². The molecule has 0 saturated heterocycles.